The fraction of sp³-hybridized carbons (Fsp3) is 0.214. The van der Waals surface area contributed by atoms with Gasteiger partial charge in [-0.2, -0.15) is 0 Å². The Hall–Kier alpha value is -2.23. The van der Waals surface area contributed by atoms with Gasteiger partial charge in [0.2, 0.25) is 5.91 Å². The molecular formula is C14H16N2O2. The van der Waals surface area contributed by atoms with E-state index in [2.05, 4.69) is 10.6 Å². The van der Waals surface area contributed by atoms with Crippen molar-refractivity contribution in [2.24, 2.45) is 0 Å². The second kappa shape index (κ2) is 5.40. The van der Waals surface area contributed by atoms with Crippen LogP contribution in [0.5, 0.6) is 0 Å². The van der Waals surface area contributed by atoms with Gasteiger partial charge in [0.25, 0.3) is 0 Å². The molecule has 0 fully saturated rings. The van der Waals surface area contributed by atoms with Crippen molar-refractivity contribution in [2.75, 3.05) is 10.6 Å². The largest absolute Gasteiger partial charge is 0.472 e. The number of furan rings is 1. The third kappa shape index (κ3) is 3.13. The van der Waals surface area contributed by atoms with Gasteiger partial charge in [-0.3, -0.25) is 4.79 Å². The Labute approximate surface area is 106 Å². The van der Waals surface area contributed by atoms with Crippen LogP contribution in [0.25, 0.3) is 0 Å². The lowest BCUT2D eigenvalue weighted by Gasteiger charge is -2.11. The molecule has 2 aromatic rings. The molecule has 0 radical (unpaired) electrons. The van der Waals surface area contributed by atoms with E-state index in [4.69, 9.17) is 4.42 Å². The van der Waals surface area contributed by atoms with E-state index in [0.29, 0.717) is 6.54 Å². The van der Waals surface area contributed by atoms with Gasteiger partial charge in [-0.1, -0.05) is 6.07 Å². The zero-order valence-electron chi connectivity index (χ0n) is 10.5. The maximum absolute atomic E-state index is 11.0. The minimum Gasteiger partial charge on any atom is -0.472 e. The molecule has 0 aliphatic carbocycles. The molecule has 1 aromatic carbocycles. The van der Waals surface area contributed by atoms with Gasteiger partial charge in [0.15, 0.2) is 0 Å². The first-order valence-corrected chi connectivity index (χ1v) is 5.78. The molecule has 0 bridgehead atoms. The van der Waals surface area contributed by atoms with Crippen LogP contribution in [-0.4, -0.2) is 5.91 Å². The number of hydrogen-bond donors (Lipinski definition) is 2. The van der Waals surface area contributed by atoms with Crippen LogP contribution < -0.4 is 10.6 Å². The molecule has 0 saturated carbocycles. The molecule has 2 rings (SSSR count). The van der Waals surface area contributed by atoms with Crippen LogP contribution in [0.3, 0.4) is 0 Å². The van der Waals surface area contributed by atoms with Crippen molar-refractivity contribution in [3.8, 4) is 0 Å². The Morgan fingerprint density at radius 2 is 2.17 bits per heavy atom. The summed E-state index contributed by atoms with van der Waals surface area (Å²) in [6, 6.07) is 7.71. The highest BCUT2D eigenvalue weighted by atomic mass is 16.3. The van der Waals surface area contributed by atoms with E-state index in [1.165, 1.54) is 6.92 Å². The van der Waals surface area contributed by atoms with Gasteiger partial charge in [-0.05, 0) is 30.7 Å². The van der Waals surface area contributed by atoms with Gasteiger partial charge < -0.3 is 15.1 Å². The van der Waals surface area contributed by atoms with E-state index in [1.807, 2.05) is 31.2 Å². The number of nitrogens with one attached hydrogen (secondary N) is 2. The Morgan fingerprint density at radius 3 is 2.83 bits per heavy atom. The number of carbonyl (C=O) groups excluding carboxylic acids is 1. The summed E-state index contributed by atoms with van der Waals surface area (Å²) in [5.74, 6) is -0.0698. The quantitative estimate of drug-likeness (QED) is 0.868. The van der Waals surface area contributed by atoms with Gasteiger partial charge in [0.1, 0.15) is 0 Å². The van der Waals surface area contributed by atoms with Crippen LogP contribution in [0, 0.1) is 6.92 Å². The summed E-state index contributed by atoms with van der Waals surface area (Å²) in [7, 11) is 0. The van der Waals surface area contributed by atoms with Gasteiger partial charge in [0.05, 0.1) is 12.5 Å². The molecule has 1 aromatic heterocycles. The van der Waals surface area contributed by atoms with E-state index in [1.54, 1.807) is 12.5 Å². The molecule has 18 heavy (non-hydrogen) atoms. The maximum atomic E-state index is 11.0. The average molecular weight is 244 g/mol. The van der Waals surface area contributed by atoms with Crippen molar-refractivity contribution in [3.05, 3.63) is 47.9 Å². The molecule has 0 atom stereocenters. The van der Waals surface area contributed by atoms with E-state index in [-0.39, 0.29) is 5.91 Å². The average Bonchev–Trinajstić information content (AvgIpc) is 2.82. The summed E-state index contributed by atoms with van der Waals surface area (Å²) in [6.07, 6.45) is 3.36. The smallest absolute Gasteiger partial charge is 0.221 e. The number of aryl methyl sites for hydroxylation is 1. The van der Waals surface area contributed by atoms with Crippen LogP contribution >= 0.6 is 0 Å². The van der Waals surface area contributed by atoms with E-state index < -0.39 is 0 Å². The summed E-state index contributed by atoms with van der Waals surface area (Å²) in [4.78, 5) is 11.0. The molecule has 94 valence electrons. The van der Waals surface area contributed by atoms with Crippen molar-refractivity contribution >= 4 is 17.3 Å². The minimum absolute atomic E-state index is 0.0698. The van der Waals surface area contributed by atoms with Gasteiger partial charge in [-0.25, -0.2) is 0 Å². The fourth-order valence-corrected chi connectivity index (χ4v) is 1.68. The first kappa shape index (κ1) is 12.2. The molecule has 4 nitrogen and oxygen atoms in total. The maximum Gasteiger partial charge on any atom is 0.221 e. The zero-order valence-corrected chi connectivity index (χ0v) is 10.5. The standard InChI is InChI=1S/C14H16N2O2/c1-10-3-4-13(16-11(2)17)7-14(10)15-8-12-5-6-18-9-12/h3-7,9,15H,8H2,1-2H3,(H,16,17). The molecule has 0 aliphatic heterocycles. The molecule has 4 heteroatoms. The van der Waals surface area contributed by atoms with E-state index in [9.17, 15) is 4.79 Å². The molecule has 0 unspecified atom stereocenters. The molecule has 0 aliphatic rings. The van der Waals surface area contributed by atoms with Crippen LogP contribution in [0.4, 0.5) is 11.4 Å². The second-order valence-electron chi connectivity index (χ2n) is 4.20. The van der Waals surface area contributed by atoms with Crippen molar-refractivity contribution in [2.45, 2.75) is 20.4 Å². The Morgan fingerprint density at radius 1 is 1.33 bits per heavy atom. The summed E-state index contributed by atoms with van der Waals surface area (Å²) >= 11 is 0. The third-order valence-corrected chi connectivity index (χ3v) is 2.62. The van der Waals surface area contributed by atoms with Crippen molar-refractivity contribution in [1.82, 2.24) is 0 Å². The molecule has 1 heterocycles. The Kier molecular flexibility index (Phi) is 3.67. The summed E-state index contributed by atoms with van der Waals surface area (Å²) in [5, 5.41) is 6.09. The minimum atomic E-state index is -0.0698. The van der Waals surface area contributed by atoms with Crippen LogP contribution in [0.15, 0.2) is 41.2 Å². The summed E-state index contributed by atoms with van der Waals surface area (Å²) in [6.45, 7) is 4.22. The predicted octanol–water partition coefficient (Wildman–Crippen LogP) is 3.16. The third-order valence-electron chi connectivity index (χ3n) is 2.62. The van der Waals surface area contributed by atoms with Crippen molar-refractivity contribution in [3.63, 3.8) is 0 Å². The lowest BCUT2D eigenvalue weighted by molar-refractivity contribution is -0.114. The van der Waals surface area contributed by atoms with Crippen molar-refractivity contribution < 1.29 is 9.21 Å². The van der Waals surface area contributed by atoms with Crippen LogP contribution in [-0.2, 0) is 11.3 Å². The molecule has 0 spiro atoms. The SMILES string of the molecule is CC(=O)Nc1ccc(C)c(NCc2ccoc2)c1. The van der Waals surface area contributed by atoms with E-state index >= 15 is 0 Å². The highest BCUT2D eigenvalue weighted by Gasteiger charge is 2.02. The number of carbonyl (C=O) groups is 1. The molecular weight excluding hydrogens is 228 g/mol. The first-order chi connectivity index (χ1) is 8.65. The fourth-order valence-electron chi connectivity index (χ4n) is 1.68. The number of hydrogen-bond acceptors (Lipinski definition) is 3. The highest BCUT2D eigenvalue weighted by molar-refractivity contribution is 5.89. The molecule has 1 amide bonds. The van der Waals surface area contributed by atoms with E-state index in [0.717, 1.165) is 22.5 Å². The topological polar surface area (TPSA) is 54.3 Å². The Balaban J connectivity index is 2.08. The lowest BCUT2D eigenvalue weighted by Crippen LogP contribution is -2.07. The Bertz CT molecular complexity index is 533. The number of anilines is 2. The normalized spacial score (nSPS) is 10.1. The van der Waals surface area contributed by atoms with Crippen LogP contribution in [0.1, 0.15) is 18.1 Å². The summed E-state index contributed by atoms with van der Waals surface area (Å²) < 4.78 is 5.01. The first-order valence-electron chi connectivity index (χ1n) is 5.78. The lowest BCUT2D eigenvalue weighted by atomic mass is 10.1. The van der Waals surface area contributed by atoms with Gasteiger partial charge in [-0.15, -0.1) is 0 Å². The monoisotopic (exact) mass is 244 g/mol. The predicted molar refractivity (Wildman–Crippen MR) is 71.5 cm³/mol. The number of benzene rings is 1. The molecule has 2 N–H and O–H groups in total. The summed E-state index contributed by atoms with van der Waals surface area (Å²) in [5.41, 5.74) is 4.01. The number of rotatable bonds is 4. The van der Waals surface area contributed by atoms with Crippen LogP contribution in [0.2, 0.25) is 0 Å². The highest BCUT2D eigenvalue weighted by Crippen LogP contribution is 2.21. The zero-order chi connectivity index (χ0) is 13.0. The number of amides is 1. The van der Waals surface area contributed by atoms with Gasteiger partial charge in [0, 0.05) is 30.4 Å². The second-order valence-corrected chi connectivity index (χ2v) is 4.20. The van der Waals surface area contributed by atoms with Gasteiger partial charge >= 0.3 is 0 Å². The molecule has 0 saturated heterocycles. The van der Waals surface area contributed by atoms with Crippen molar-refractivity contribution in [1.29, 1.82) is 0 Å².